The minimum absolute atomic E-state index is 0.0182. The van der Waals surface area contributed by atoms with Crippen LogP contribution in [0.15, 0.2) is 0 Å². The van der Waals surface area contributed by atoms with Gasteiger partial charge in [-0.25, -0.2) is 9.59 Å². The van der Waals surface area contributed by atoms with Crippen LogP contribution in [-0.4, -0.2) is 105 Å². The third-order valence-electron chi connectivity index (χ3n) is 13.4. The maximum absolute atomic E-state index is 13.2. The van der Waals surface area contributed by atoms with E-state index in [9.17, 15) is 24.0 Å². The average molecular weight is 1030 g/mol. The quantitative estimate of drug-likeness (QED) is 0.0348. The van der Waals surface area contributed by atoms with Gasteiger partial charge < -0.3 is 38.4 Å². The first kappa shape index (κ1) is 69.1. The molecule has 0 aromatic carbocycles. The standard InChI is InChI=1S/C59H111NO12/c1-6-10-14-18-22-30-40-52(38-28-16-12-8-3)70-56(63)42-32-24-20-26-36-49-67-55(62)45-44-54(72-59(66)69-51-47-60(5)46-34-35-48-61)58(65)68-50-37-27-21-25-33-43-57(64)71-53(39-29-17-13-9-4)41-31-23-19-15-11-7-2/h52-54,61H,6-51H2,1-5H3. The Labute approximate surface area is 440 Å². The Morgan fingerprint density at radius 3 is 1.24 bits per heavy atom. The van der Waals surface area contributed by atoms with E-state index in [0.29, 0.717) is 38.6 Å². The number of carbonyl (C=O) groups is 5. The van der Waals surface area contributed by atoms with Crippen LogP contribution in [0.3, 0.4) is 0 Å². The molecule has 0 aromatic heterocycles. The molecule has 72 heavy (non-hydrogen) atoms. The first-order valence-electron chi connectivity index (χ1n) is 29.9. The summed E-state index contributed by atoms with van der Waals surface area (Å²) in [7, 11) is 1.89. The molecule has 0 rings (SSSR count). The molecule has 0 saturated heterocycles. The van der Waals surface area contributed by atoms with Gasteiger partial charge in [-0.05, 0) is 103 Å². The number of hydrogen-bond acceptors (Lipinski definition) is 13. The molecular weight excluding hydrogens is 915 g/mol. The fourth-order valence-electron chi connectivity index (χ4n) is 8.76. The Morgan fingerprint density at radius 1 is 0.375 bits per heavy atom. The molecule has 13 heteroatoms. The summed E-state index contributed by atoms with van der Waals surface area (Å²) in [6, 6.07) is 0. The van der Waals surface area contributed by atoms with Crippen molar-refractivity contribution in [3.8, 4) is 0 Å². The average Bonchev–Trinajstić information content (AvgIpc) is 3.36. The summed E-state index contributed by atoms with van der Waals surface area (Å²) in [6.07, 6.45) is 35.8. The second-order valence-corrected chi connectivity index (χ2v) is 20.4. The molecule has 3 atom stereocenters. The minimum atomic E-state index is -1.33. The van der Waals surface area contributed by atoms with Gasteiger partial charge in [0.15, 0.2) is 0 Å². The first-order chi connectivity index (χ1) is 35.1. The number of nitrogens with zero attached hydrogens (tertiary/aromatic N) is 1. The topological polar surface area (TPSA) is 164 Å². The summed E-state index contributed by atoms with van der Waals surface area (Å²) in [6.45, 7) is 10.6. The molecule has 0 aliphatic carbocycles. The number of rotatable bonds is 54. The van der Waals surface area contributed by atoms with Gasteiger partial charge in [0, 0.05) is 38.8 Å². The van der Waals surface area contributed by atoms with Crippen LogP contribution in [0.5, 0.6) is 0 Å². The number of ether oxygens (including phenoxy) is 6. The molecule has 0 amide bonds. The van der Waals surface area contributed by atoms with Crippen LogP contribution in [-0.2, 0) is 47.6 Å². The van der Waals surface area contributed by atoms with E-state index in [1.807, 2.05) is 11.9 Å². The Kier molecular flexibility index (Phi) is 50.8. The van der Waals surface area contributed by atoms with E-state index in [4.69, 9.17) is 33.5 Å². The highest BCUT2D eigenvalue weighted by Gasteiger charge is 2.27. The van der Waals surface area contributed by atoms with Gasteiger partial charge in [-0.2, -0.15) is 0 Å². The van der Waals surface area contributed by atoms with Gasteiger partial charge in [-0.15, -0.1) is 0 Å². The third-order valence-corrected chi connectivity index (χ3v) is 13.4. The molecule has 424 valence electrons. The maximum atomic E-state index is 13.2. The van der Waals surface area contributed by atoms with E-state index in [1.165, 1.54) is 103 Å². The van der Waals surface area contributed by atoms with Gasteiger partial charge in [0.05, 0.1) is 13.2 Å². The predicted octanol–water partition coefficient (Wildman–Crippen LogP) is 15.0. The second kappa shape index (κ2) is 52.9. The lowest BCUT2D eigenvalue weighted by Gasteiger charge is -2.18. The van der Waals surface area contributed by atoms with E-state index >= 15 is 0 Å². The third kappa shape index (κ3) is 46.8. The number of likely N-dealkylation sites (N-methyl/N-ethyl adjacent to an activating group) is 1. The van der Waals surface area contributed by atoms with Crippen molar-refractivity contribution in [2.75, 3.05) is 46.6 Å². The Hall–Kier alpha value is -2.93. The van der Waals surface area contributed by atoms with Crippen LogP contribution in [0, 0.1) is 0 Å². The van der Waals surface area contributed by atoms with E-state index < -0.39 is 24.2 Å². The van der Waals surface area contributed by atoms with Gasteiger partial charge >= 0.3 is 30.0 Å². The van der Waals surface area contributed by atoms with Crippen molar-refractivity contribution in [2.45, 2.75) is 303 Å². The van der Waals surface area contributed by atoms with Gasteiger partial charge in [-0.3, -0.25) is 14.4 Å². The molecule has 0 aromatic rings. The molecule has 0 aliphatic heterocycles. The van der Waals surface area contributed by atoms with Crippen molar-refractivity contribution in [3.05, 3.63) is 0 Å². The minimum Gasteiger partial charge on any atom is -0.466 e. The Morgan fingerprint density at radius 2 is 0.778 bits per heavy atom. The first-order valence-corrected chi connectivity index (χ1v) is 29.9. The van der Waals surface area contributed by atoms with Gasteiger partial charge in [-0.1, -0.05) is 169 Å². The van der Waals surface area contributed by atoms with Crippen LogP contribution in [0.1, 0.15) is 285 Å². The molecule has 13 nitrogen and oxygen atoms in total. The molecule has 0 fully saturated rings. The summed E-state index contributed by atoms with van der Waals surface area (Å²) in [5, 5.41) is 9.04. The zero-order valence-corrected chi connectivity index (χ0v) is 47.1. The number of aliphatic hydroxyl groups excluding tert-OH is 1. The zero-order chi connectivity index (χ0) is 53.0. The second-order valence-electron chi connectivity index (χ2n) is 20.4. The Balaban J connectivity index is 4.75. The lowest BCUT2D eigenvalue weighted by atomic mass is 10.0. The number of carbonyl (C=O) groups excluding carboxylic acids is 5. The van der Waals surface area contributed by atoms with Crippen molar-refractivity contribution >= 4 is 30.0 Å². The highest BCUT2D eigenvalue weighted by atomic mass is 16.7. The molecule has 0 radical (unpaired) electrons. The van der Waals surface area contributed by atoms with Crippen molar-refractivity contribution in [3.63, 3.8) is 0 Å². The lowest BCUT2D eigenvalue weighted by Crippen LogP contribution is -2.32. The van der Waals surface area contributed by atoms with E-state index in [1.54, 1.807) is 0 Å². The normalized spacial score (nSPS) is 12.6. The van der Waals surface area contributed by atoms with Gasteiger partial charge in [0.2, 0.25) is 6.10 Å². The predicted molar refractivity (Wildman–Crippen MR) is 290 cm³/mol. The highest BCUT2D eigenvalue weighted by molar-refractivity contribution is 5.78. The van der Waals surface area contributed by atoms with E-state index in [0.717, 1.165) is 116 Å². The summed E-state index contributed by atoms with van der Waals surface area (Å²) in [4.78, 5) is 65.9. The highest BCUT2D eigenvalue weighted by Crippen LogP contribution is 2.20. The van der Waals surface area contributed by atoms with Gasteiger partial charge in [0.25, 0.3) is 0 Å². The molecular formula is C59H111NO12. The Bertz CT molecular complexity index is 1270. The van der Waals surface area contributed by atoms with Crippen molar-refractivity contribution in [1.29, 1.82) is 0 Å². The van der Waals surface area contributed by atoms with E-state index in [2.05, 4.69) is 27.7 Å². The fourth-order valence-corrected chi connectivity index (χ4v) is 8.76. The summed E-state index contributed by atoms with van der Waals surface area (Å²) >= 11 is 0. The molecule has 0 bridgehead atoms. The monoisotopic (exact) mass is 1030 g/mol. The van der Waals surface area contributed by atoms with Crippen molar-refractivity contribution in [2.24, 2.45) is 0 Å². The van der Waals surface area contributed by atoms with Crippen LogP contribution in [0.2, 0.25) is 0 Å². The van der Waals surface area contributed by atoms with Crippen LogP contribution < -0.4 is 0 Å². The zero-order valence-electron chi connectivity index (χ0n) is 47.1. The molecule has 0 spiro atoms. The van der Waals surface area contributed by atoms with E-state index in [-0.39, 0.29) is 63.4 Å². The summed E-state index contributed by atoms with van der Waals surface area (Å²) in [5.74, 6) is -1.43. The van der Waals surface area contributed by atoms with Crippen LogP contribution in [0.4, 0.5) is 4.79 Å². The lowest BCUT2D eigenvalue weighted by molar-refractivity contribution is -0.157. The SMILES string of the molecule is CCCCCCCCC(CCCCCC)OC(=O)CCCCCCCOC(=O)CCC(OC(=O)OCCN(C)CCCCO)C(=O)OCCCCCCCC(=O)OC(CCCCCC)CCCCCCCC. The largest absolute Gasteiger partial charge is 0.509 e. The summed E-state index contributed by atoms with van der Waals surface area (Å²) in [5.41, 5.74) is 0. The molecule has 0 saturated carbocycles. The van der Waals surface area contributed by atoms with Gasteiger partial charge in [0.1, 0.15) is 18.8 Å². The van der Waals surface area contributed by atoms with Crippen LogP contribution >= 0.6 is 0 Å². The number of esters is 4. The molecule has 1 N–H and O–H groups in total. The van der Waals surface area contributed by atoms with Crippen LogP contribution in [0.25, 0.3) is 0 Å². The maximum Gasteiger partial charge on any atom is 0.509 e. The molecule has 3 unspecified atom stereocenters. The number of hydrogen-bond donors (Lipinski definition) is 1. The molecule has 0 aliphatic rings. The molecule has 0 heterocycles. The smallest absolute Gasteiger partial charge is 0.466 e. The number of aliphatic hydroxyl groups is 1. The van der Waals surface area contributed by atoms with Crippen molar-refractivity contribution < 1.29 is 57.5 Å². The van der Waals surface area contributed by atoms with Crippen molar-refractivity contribution in [1.82, 2.24) is 4.90 Å². The number of unbranched alkanes of at least 4 members (excludes halogenated alkanes) is 25. The fraction of sp³-hybridized carbons (Fsp3) is 0.915. The summed E-state index contributed by atoms with van der Waals surface area (Å²) < 4.78 is 33.5.